The molecule has 0 saturated carbocycles. The number of phosphoric ester groups is 2. The number of aromatic nitrogens is 2. The van der Waals surface area contributed by atoms with Gasteiger partial charge in [0.25, 0.3) is 5.56 Å². The van der Waals surface area contributed by atoms with Crippen molar-refractivity contribution >= 4 is 15.6 Å². The van der Waals surface area contributed by atoms with Crippen LogP contribution in [0.4, 0.5) is 0 Å². The van der Waals surface area contributed by atoms with Crippen molar-refractivity contribution in [2.75, 3.05) is 20.7 Å². The van der Waals surface area contributed by atoms with Crippen molar-refractivity contribution in [2.45, 2.75) is 69.3 Å². The minimum atomic E-state index is -5.38. The molecular weight excluding hydrogens is 544 g/mol. The second-order valence-corrected chi connectivity index (χ2v) is 12.0. The molecule has 2 fully saturated rings. The fourth-order valence-electron chi connectivity index (χ4n) is 4.02. The molecule has 0 aromatic carbocycles. The van der Waals surface area contributed by atoms with Crippen LogP contribution in [0.5, 0.6) is 0 Å². The molecule has 2 unspecified atom stereocenters. The quantitative estimate of drug-likeness (QED) is 0.177. The largest absolute Gasteiger partial charge is 0.483 e. The summed E-state index contributed by atoms with van der Waals surface area (Å²) < 4.78 is 50.1. The molecule has 0 spiro atoms. The normalized spacial score (nSPS) is 35.8. The van der Waals surface area contributed by atoms with Crippen LogP contribution < -0.4 is 11.2 Å². The Labute approximate surface area is 210 Å². The lowest BCUT2D eigenvalue weighted by Gasteiger charge is -2.44. The van der Waals surface area contributed by atoms with Crippen molar-refractivity contribution < 1.29 is 57.1 Å². The van der Waals surface area contributed by atoms with E-state index in [0.29, 0.717) is 0 Å². The molecule has 2 aliphatic rings. The van der Waals surface area contributed by atoms with E-state index in [1.54, 1.807) is 0 Å². The minimum Gasteiger partial charge on any atom is -0.390 e. The Hall–Kier alpha value is -1.30. The molecule has 0 amide bonds. The van der Waals surface area contributed by atoms with E-state index in [0.717, 1.165) is 4.57 Å². The molecule has 1 aromatic heterocycles. The van der Waals surface area contributed by atoms with Gasteiger partial charge in [0.1, 0.15) is 18.4 Å². The van der Waals surface area contributed by atoms with Crippen LogP contribution in [-0.4, -0.2) is 103 Å². The number of nitrogens with one attached hydrogen (secondary N) is 1. The topological polar surface area (TPSA) is 240 Å². The second kappa shape index (κ2) is 11.4. The van der Waals surface area contributed by atoms with E-state index in [1.807, 2.05) is 0 Å². The van der Waals surface area contributed by atoms with Crippen LogP contribution in [0.15, 0.2) is 15.8 Å². The van der Waals surface area contributed by atoms with Gasteiger partial charge in [-0.05, 0) is 27.9 Å². The molecule has 1 aromatic rings. The molecule has 3 heterocycles. The lowest BCUT2D eigenvalue weighted by molar-refractivity contribution is -0.256. The number of ether oxygens (including phenoxy) is 2. The summed E-state index contributed by atoms with van der Waals surface area (Å²) in [5.41, 5.74) is -1.19. The summed E-state index contributed by atoms with van der Waals surface area (Å²) in [5.74, 6) is 0. The smallest absolute Gasteiger partial charge is 0.390 e. The highest BCUT2D eigenvalue weighted by atomic mass is 31.3. The predicted octanol–water partition coefficient (Wildman–Crippen LogP) is -1.86. The van der Waals surface area contributed by atoms with Gasteiger partial charge >= 0.3 is 21.3 Å². The van der Waals surface area contributed by atoms with Gasteiger partial charge in [-0.1, -0.05) is 0 Å². The number of hydrogen-bond acceptors (Lipinski definition) is 13. The van der Waals surface area contributed by atoms with Gasteiger partial charge in [-0.15, -0.1) is 0 Å². The zero-order valence-electron chi connectivity index (χ0n) is 20.3. The molecule has 0 radical (unpaired) electrons. The number of hydrogen-bond donors (Lipinski definition) is 6. The molecular formula is C18H31N3O14P2. The summed E-state index contributed by atoms with van der Waals surface area (Å²) in [6, 6.07) is -0.960. The average Bonchev–Trinajstić information content (AvgIpc) is 3.12. The van der Waals surface area contributed by atoms with E-state index in [2.05, 4.69) is 13.8 Å². The van der Waals surface area contributed by atoms with Crippen LogP contribution in [0.25, 0.3) is 0 Å². The molecule has 0 aliphatic carbocycles. The molecule has 212 valence electrons. The van der Waals surface area contributed by atoms with Crippen LogP contribution in [0, 0.1) is 6.92 Å². The van der Waals surface area contributed by atoms with Crippen molar-refractivity contribution in [1.82, 2.24) is 14.5 Å². The first kappa shape index (κ1) is 30.2. The molecule has 0 bridgehead atoms. The summed E-state index contributed by atoms with van der Waals surface area (Å²) in [7, 11) is -7.61. The highest BCUT2D eigenvalue weighted by Crippen LogP contribution is 2.61. The number of aromatic amines is 1. The van der Waals surface area contributed by atoms with Crippen LogP contribution in [0.3, 0.4) is 0 Å². The highest BCUT2D eigenvalue weighted by molar-refractivity contribution is 7.61. The lowest BCUT2D eigenvalue weighted by atomic mass is 9.96. The number of aryl methyl sites for hydroxylation is 1. The van der Waals surface area contributed by atoms with Crippen LogP contribution in [0.2, 0.25) is 0 Å². The van der Waals surface area contributed by atoms with Gasteiger partial charge in [-0.3, -0.25) is 23.4 Å². The van der Waals surface area contributed by atoms with Gasteiger partial charge < -0.3 is 39.5 Å². The number of H-pyrrole nitrogens is 1. The first-order chi connectivity index (χ1) is 17.0. The number of rotatable bonds is 9. The van der Waals surface area contributed by atoms with Crippen molar-refractivity contribution in [1.29, 1.82) is 0 Å². The van der Waals surface area contributed by atoms with Crippen LogP contribution in [0.1, 0.15) is 25.1 Å². The summed E-state index contributed by atoms with van der Waals surface area (Å²) in [6.45, 7) is 2.09. The number of nitrogens with zero attached hydrogens (tertiary/aromatic N) is 2. The number of likely N-dealkylation sites (N-methyl/N-ethyl adjacent to an activating group) is 1. The van der Waals surface area contributed by atoms with E-state index in [1.165, 1.54) is 39.0 Å². The van der Waals surface area contributed by atoms with Crippen molar-refractivity contribution in [2.24, 2.45) is 0 Å². The van der Waals surface area contributed by atoms with Gasteiger partial charge in [0.15, 0.2) is 6.29 Å². The molecule has 2 aliphatic heterocycles. The van der Waals surface area contributed by atoms with Crippen molar-refractivity contribution in [3.63, 3.8) is 0 Å². The van der Waals surface area contributed by atoms with E-state index >= 15 is 0 Å². The van der Waals surface area contributed by atoms with Crippen LogP contribution in [-0.2, 0) is 32.0 Å². The van der Waals surface area contributed by atoms with E-state index in [4.69, 9.17) is 14.0 Å². The maximum Gasteiger partial charge on any atom is 0.483 e. The van der Waals surface area contributed by atoms with Gasteiger partial charge in [-0.25, -0.2) is 13.9 Å². The predicted molar refractivity (Wildman–Crippen MR) is 122 cm³/mol. The van der Waals surface area contributed by atoms with Crippen molar-refractivity contribution in [3.8, 4) is 0 Å². The first-order valence-corrected chi connectivity index (χ1v) is 14.0. The summed E-state index contributed by atoms with van der Waals surface area (Å²) in [4.78, 5) is 47.0. The monoisotopic (exact) mass is 575 g/mol. The van der Waals surface area contributed by atoms with E-state index < -0.39 is 82.6 Å². The zero-order chi connectivity index (χ0) is 27.9. The fraction of sp³-hybridized carbons (Fsp3) is 0.778. The Morgan fingerprint density at radius 1 is 1.14 bits per heavy atom. The summed E-state index contributed by atoms with van der Waals surface area (Å²) in [5, 5.41) is 30.8. The van der Waals surface area contributed by atoms with Gasteiger partial charge in [-0.2, -0.15) is 4.31 Å². The standard InChI is InChI=1S/C18H31N3O14P2/c1-8-6-21(18(26)19-16(8)25)12-5-10(22)11(33-12)7-31-36(27,28)35-37(29,30)34-17-15(24)13(20(3)4)14(23)9(2)32-17/h6,9-15,17,22-24H,5,7H2,1-4H3,(H,27,28)(H,29,30)(H,19,25,26)/t9-,10+,11-,12-,13+,14+,15-,17-/m1/s1. The fourth-order valence-corrected chi connectivity index (χ4v) is 6.18. The second-order valence-electron chi connectivity index (χ2n) is 8.98. The number of aliphatic hydroxyl groups excluding tert-OH is 3. The first-order valence-electron chi connectivity index (χ1n) is 11.0. The Balaban J connectivity index is 1.60. The molecule has 2 saturated heterocycles. The molecule has 19 heteroatoms. The molecule has 10 atom stereocenters. The Morgan fingerprint density at radius 3 is 2.41 bits per heavy atom. The Bertz CT molecular complexity index is 1170. The SMILES string of the molecule is Cc1cn([C@H]2C[C@H](O)[C@@H](COP(=O)(O)OP(=O)(O)O[C@H]3O[C@H](C)[C@H](O)[C@H](N(C)C)[C@H]3O)O2)c(=O)[nH]c1=O. The molecule has 37 heavy (non-hydrogen) atoms. The maximum absolute atomic E-state index is 12.4. The average molecular weight is 575 g/mol. The lowest BCUT2D eigenvalue weighted by Crippen LogP contribution is -2.62. The zero-order valence-corrected chi connectivity index (χ0v) is 22.1. The number of phosphoric acid groups is 2. The third-order valence-electron chi connectivity index (χ3n) is 5.91. The Morgan fingerprint density at radius 2 is 1.78 bits per heavy atom. The molecule has 3 rings (SSSR count). The van der Waals surface area contributed by atoms with Gasteiger partial charge in [0, 0.05) is 18.2 Å². The van der Waals surface area contributed by atoms with E-state index in [9.17, 15) is 43.8 Å². The molecule has 17 nitrogen and oxygen atoms in total. The summed E-state index contributed by atoms with van der Waals surface area (Å²) >= 11 is 0. The highest BCUT2D eigenvalue weighted by Gasteiger charge is 2.49. The maximum atomic E-state index is 12.4. The minimum absolute atomic E-state index is 0.133. The molecule has 6 N–H and O–H groups in total. The van der Waals surface area contributed by atoms with Crippen molar-refractivity contribution in [3.05, 3.63) is 32.6 Å². The Kier molecular flexibility index (Phi) is 9.35. The van der Waals surface area contributed by atoms with E-state index in [-0.39, 0.29) is 12.0 Å². The van der Waals surface area contributed by atoms with Gasteiger partial charge in [0.05, 0.1) is 31.0 Å². The number of aliphatic hydroxyl groups is 3. The third-order valence-corrected chi connectivity index (χ3v) is 8.51. The van der Waals surface area contributed by atoms with Gasteiger partial charge in [0.2, 0.25) is 0 Å². The summed E-state index contributed by atoms with van der Waals surface area (Å²) in [6.07, 6.45) is -8.02. The van der Waals surface area contributed by atoms with Crippen LogP contribution >= 0.6 is 15.6 Å². The third kappa shape index (κ3) is 7.22.